The summed E-state index contributed by atoms with van der Waals surface area (Å²) in [5.74, 6) is 0. The van der Waals surface area contributed by atoms with E-state index >= 15 is 0 Å². The molecule has 0 amide bonds. The van der Waals surface area contributed by atoms with Crippen molar-refractivity contribution in [1.29, 1.82) is 0 Å². The van der Waals surface area contributed by atoms with Crippen LogP contribution in [0.3, 0.4) is 0 Å². The van der Waals surface area contributed by atoms with Gasteiger partial charge in [0.15, 0.2) is 6.23 Å². The number of nitrogens with zero attached hydrogens (tertiary/aromatic N) is 2. The Bertz CT molecular complexity index is 833. The summed E-state index contributed by atoms with van der Waals surface area (Å²) < 4.78 is 7.16. The molecule has 0 saturated carbocycles. The number of hydrogen-bond acceptors (Lipinski definition) is 6. The highest BCUT2D eigenvalue weighted by Gasteiger charge is 2.35. The Morgan fingerprint density at radius 2 is 2.08 bits per heavy atom. The molecule has 140 valence electrons. The first-order chi connectivity index (χ1) is 12.6. The van der Waals surface area contributed by atoms with E-state index in [1.807, 2.05) is 30.3 Å². The number of H-pyrrole nitrogens is 1. The molecule has 1 saturated heterocycles. The van der Waals surface area contributed by atoms with Crippen LogP contribution in [-0.4, -0.2) is 45.5 Å². The lowest BCUT2D eigenvalue weighted by Gasteiger charge is -2.21. The third-order valence-electron chi connectivity index (χ3n) is 4.34. The topological polar surface area (TPSA) is 96.8 Å². The lowest BCUT2D eigenvalue weighted by Crippen LogP contribution is -2.35. The molecule has 1 aromatic carbocycles. The molecule has 1 aromatic heterocycles. The fourth-order valence-corrected chi connectivity index (χ4v) is 2.97. The van der Waals surface area contributed by atoms with Crippen molar-refractivity contribution >= 4 is 0 Å². The third kappa shape index (κ3) is 4.28. The second-order valence-electron chi connectivity index (χ2n) is 6.29. The van der Waals surface area contributed by atoms with Gasteiger partial charge >= 0.3 is 5.69 Å². The molecule has 0 radical (unpaired) electrons. The maximum Gasteiger partial charge on any atom is 0.330 e. The first-order valence-corrected chi connectivity index (χ1v) is 8.56. The highest BCUT2D eigenvalue weighted by Crippen LogP contribution is 2.28. The smallest absolute Gasteiger partial charge is 0.330 e. The van der Waals surface area contributed by atoms with Crippen LogP contribution in [0.1, 0.15) is 23.8 Å². The standard InChI is InChI=1S/C18H23N3O5/c1-13-10-20(18(24)19-17(13)23)16-9-15(21(26-16)7-8-22)12-25-11-14-5-3-2-4-6-14/h2-6,10,15-16,22H,7-9,11-12H2,1H3,(H,19,23,24). The molecule has 0 bridgehead atoms. The quantitative estimate of drug-likeness (QED) is 0.748. The number of aliphatic hydroxyl groups is 1. The van der Waals surface area contributed by atoms with Gasteiger partial charge in [0.25, 0.3) is 5.56 Å². The van der Waals surface area contributed by atoms with Crippen molar-refractivity contribution in [2.24, 2.45) is 0 Å². The van der Waals surface area contributed by atoms with E-state index < -0.39 is 17.5 Å². The second-order valence-corrected chi connectivity index (χ2v) is 6.29. The van der Waals surface area contributed by atoms with E-state index in [9.17, 15) is 14.7 Å². The molecule has 0 spiro atoms. The van der Waals surface area contributed by atoms with Crippen LogP contribution < -0.4 is 11.2 Å². The Hall–Kier alpha value is -2.26. The van der Waals surface area contributed by atoms with Gasteiger partial charge in [0.1, 0.15) is 0 Å². The Labute approximate surface area is 150 Å². The zero-order chi connectivity index (χ0) is 18.5. The number of aryl methyl sites for hydroxylation is 1. The lowest BCUT2D eigenvalue weighted by atomic mass is 10.2. The number of ether oxygens (including phenoxy) is 1. The monoisotopic (exact) mass is 361 g/mol. The number of aromatic nitrogens is 2. The van der Waals surface area contributed by atoms with Crippen LogP contribution in [0.25, 0.3) is 0 Å². The normalized spacial score (nSPS) is 20.5. The first-order valence-electron chi connectivity index (χ1n) is 8.56. The number of hydroxylamine groups is 2. The van der Waals surface area contributed by atoms with Gasteiger partial charge in [-0.3, -0.25) is 19.2 Å². The predicted octanol–water partition coefficient (Wildman–Crippen LogP) is 0.559. The zero-order valence-corrected chi connectivity index (χ0v) is 14.6. The fraction of sp³-hybridized carbons (Fsp3) is 0.444. The minimum atomic E-state index is -0.546. The van der Waals surface area contributed by atoms with Crippen molar-refractivity contribution < 1.29 is 14.7 Å². The summed E-state index contributed by atoms with van der Waals surface area (Å²) in [6.07, 6.45) is 1.46. The molecular weight excluding hydrogens is 338 g/mol. The number of aromatic amines is 1. The van der Waals surface area contributed by atoms with E-state index in [1.54, 1.807) is 12.0 Å². The van der Waals surface area contributed by atoms with Crippen LogP contribution in [0.4, 0.5) is 0 Å². The number of aliphatic hydroxyl groups excluding tert-OH is 1. The molecule has 0 aliphatic carbocycles. The predicted molar refractivity (Wildman–Crippen MR) is 94.5 cm³/mol. The minimum Gasteiger partial charge on any atom is -0.395 e. The Balaban J connectivity index is 1.67. The van der Waals surface area contributed by atoms with Gasteiger partial charge < -0.3 is 9.84 Å². The summed E-state index contributed by atoms with van der Waals surface area (Å²) in [6, 6.07) is 9.73. The SMILES string of the molecule is Cc1cn(C2CC(COCc3ccccc3)N(CCO)O2)c(=O)[nH]c1=O. The van der Waals surface area contributed by atoms with E-state index in [0.29, 0.717) is 31.7 Å². The largest absolute Gasteiger partial charge is 0.395 e. The highest BCUT2D eigenvalue weighted by molar-refractivity contribution is 5.13. The molecule has 26 heavy (non-hydrogen) atoms. The van der Waals surface area contributed by atoms with Crippen molar-refractivity contribution in [3.05, 3.63) is 68.5 Å². The van der Waals surface area contributed by atoms with Crippen LogP contribution in [0.2, 0.25) is 0 Å². The van der Waals surface area contributed by atoms with Gasteiger partial charge in [0.2, 0.25) is 0 Å². The van der Waals surface area contributed by atoms with E-state index in [-0.39, 0.29) is 12.6 Å². The molecule has 2 heterocycles. The van der Waals surface area contributed by atoms with Gasteiger partial charge in [-0.15, -0.1) is 0 Å². The zero-order valence-electron chi connectivity index (χ0n) is 14.6. The third-order valence-corrected chi connectivity index (χ3v) is 4.34. The van der Waals surface area contributed by atoms with Gasteiger partial charge in [0, 0.05) is 24.7 Å². The lowest BCUT2D eigenvalue weighted by molar-refractivity contribution is -0.193. The second kappa shape index (κ2) is 8.41. The maximum atomic E-state index is 12.1. The molecule has 8 heteroatoms. The number of β-amino-alcohol motifs (C(OH)–C–C–N with tert-alkyl or cyclic N) is 1. The van der Waals surface area contributed by atoms with Crippen molar-refractivity contribution in [3.8, 4) is 0 Å². The summed E-state index contributed by atoms with van der Waals surface area (Å²) in [7, 11) is 0. The molecule has 1 fully saturated rings. The molecule has 3 rings (SSSR count). The number of hydrogen-bond donors (Lipinski definition) is 2. The summed E-state index contributed by atoms with van der Waals surface area (Å²) in [5, 5.41) is 10.9. The molecular formula is C18H23N3O5. The summed E-state index contributed by atoms with van der Waals surface area (Å²) >= 11 is 0. The number of benzene rings is 1. The molecule has 8 nitrogen and oxygen atoms in total. The molecule has 2 unspecified atom stereocenters. The molecule has 1 aliphatic heterocycles. The summed E-state index contributed by atoms with van der Waals surface area (Å²) in [6.45, 7) is 2.76. The van der Waals surface area contributed by atoms with Crippen LogP contribution in [-0.2, 0) is 16.2 Å². The van der Waals surface area contributed by atoms with Crippen molar-refractivity contribution in [2.75, 3.05) is 19.8 Å². The van der Waals surface area contributed by atoms with Crippen molar-refractivity contribution in [3.63, 3.8) is 0 Å². The van der Waals surface area contributed by atoms with Gasteiger partial charge in [0.05, 0.1) is 25.9 Å². The Morgan fingerprint density at radius 1 is 1.31 bits per heavy atom. The molecule has 2 N–H and O–H groups in total. The van der Waals surface area contributed by atoms with Crippen LogP contribution in [0.15, 0.2) is 46.1 Å². The Kier molecular flexibility index (Phi) is 6.00. The molecule has 2 aromatic rings. The highest BCUT2D eigenvalue weighted by atomic mass is 16.7. The fourth-order valence-electron chi connectivity index (χ4n) is 2.97. The minimum absolute atomic E-state index is 0.0680. The number of rotatable bonds is 7. The first kappa shape index (κ1) is 18.5. The average molecular weight is 361 g/mol. The van der Waals surface area contributed by atoms with Crippen LogP contribution >= 0.6 is 0 Å². The van der Waals surface area contributed by atoms with E-state index in [2.05, 4.69) is 4.98 Å². The van der Waals surface area contributed by atoms with Gasteiger partial charge in [-0.1, -0.05) is 30.3 Å². The van der Waals surface area contributed by atoms with Crippen molar-refractivity contribution in [2.45, 2.75) is 32.2 Å². The van der Waals surface area contributed by atoms with Crippen molar-refractivity contribution in [1.82, 2.24) is 14.6 Å². The molecule has 1 aliphatic rings. The Morgan fingerprint density at radius 3 is 2.81 bits per heavy atom. The summed E-state index contributed by atoms with van der Waals surface area (Å²) in [4.78, 5) is 31.7. The average Bonchev–Trinajstić information content (AvgIpc) is 3.02. The van der Waals surface area contributed by atoms with Crippen LogP contribution in [0, 0.1) is 6.92 Å². The maximum absolute atomic E-state index is 12.1. The van der Waals surface area contributed by atoms with Gasteiger partial charge in [-0.2, -0.15) is 5.06 Å². The summed E-state index contributed by atoms with van der Waals surface area (Å²) in [5.41, 5.74) is 0.592. The van der Waals surface area contributed by atoms with Gasteiger partial charge in [-0.25, -0.2) is 4.79 Å². The number of nitrogens with one attached hydrogen (secondary N) is 1. The van der Waals surface area contributed by atoms with E-state index in [4.69, 9.17) is 9.57 Å². The molecule has 2 atom stereocenters. The van der Waals surface area contributed by atoms with E-state index in [0.717, 1.165) is 5.56 Å². The van der Waals surface area contributed by atoms with E-state index in [1.165, 1.54) is 10.8 Å². The van der Waals surface area contributed by atoms with Crippen LogP contribution in [0.5, 0.6) is 0 Å². The van der Waals surface area contributed by atoms with Gasteiger partial charge in [-0.05, 0) is 12.5 Å².